The van der Waals surface area contributed by atoms with Crippen molar-refractivity contribution in [3.63, 3.8) is 0 Å². The van der Waals surface area contributed by atoms with E-state index < -0.39 is 36.0 Å². The SMILES string of the molecule is CCN(CC)C(=O)C1Cn2ccnc2C2(CCN(Cc3ccccn3)CC2)O1.O=C(O)C(F)(F)F.O=C(O)C(F)(F)F. The predicted molar refractivity (Wildman–Crippen MR) is 133 cm³/mol. The molecule has 0 aliphatic carbocycles. The Morgan fingerprint density at radius 3 is 1.98 bits per heavy atom. The quantitative estimate of drug-likeness (QED) is 0.488. The summed E-state index contributed by atoms with van der Waals surface area (Å²) in [5.74, 6) is -4.46. The Hall–Kier alpha value is -3.73. The van der Waals surface area contributed by atoms with E-state index in [1.165, 1.54) is 0 Å². The highest BCUT2D eigenvalue weighted by molar-refractivity contribution is 5.81. The molecule has 2 aliphatic rings. The number of amides is 1. The number of carboxylic acids is 2. The number of aliphatic carboxylic acids is 2. The van der Waals surface area contributed by atoms with E-state index in [0.29, 0.717) is 19.6 Å². The van der Waals surface area contributed by atoms with Gasteiger partial charge in [0.15, 0.2) is 6.10 Å². The second kappa shape index (κ2) is 14.4. The molecule has 2 N–H and O–H groups in total. The number of halogens is 6. The number of likely N-dealkylation sites (tertiary alicyclic amines) is 1. The van der Waals surface area contributed by atoms with Crippen LogP contribution in [0.15, 0.2) is 36.8 Å². The maximum absolute atomic E-state index is 13.0. The monoisotopic (exact) mass is 611 g/mol. The molecule has 1 unspecified atom stereocenters. The number of carbonyl (C=O) groups is 3. The normalized spacial score (nSPS) is 18.0. The lowest BCUT2D eigenvalue weighted by Gasteiger charge is -2.46. The van der Waals surface area contributed by atoms with Crippen LogP contribution in [0.3, 0.4) is 0 Å². The van der Waals surface area contributed by atoms with E-state index in [4.69, 9.17) is 24.5 Å². The van der Waals surface area contributed by atoms with Crippen molar-refractivity contribution in [3.05, 3.63) is 48.3 Å². The Bertz CT molecular complexity index is 1150. The Morgan fingerprint density at radius 2 is 1.52 bits per heavy atom. The molecule has 1 fully saturated rings. The van der Waals surface area contributed by atoms with E-state index in [1.54, 1.807) is 0 Å². The molecule has 1 amide bonds. The summed E-state index contributed by atoms with van der Waals surface area (Å²) in [6.07, 6.45) is -3.31. The van der Waals surface area contributed by atoms with Gasteiger partial charge in [-0.3, -0.25) is 14.7 Å². The van der Waals surface area contributed by atoms with Crippen molar-refractivity contribution in [2.45, 2.75) is 63.8 Å². The number of aromatic nitrogens is 3. The zero-order valence-corrected chi connectivity index (χ0v) is 22.7. The third-order valence-corrected chi connectivity index (χ3v) is 6.46. The molecule has 0 aromatic carbocycles. The highest BCUT2D eigenvalue weighted by atomic mass is 19.4. The third-order valence-electron chi connectivity index (χ3n) is 6.46. The number of likely N-dealkylation sites (N-methyl/N-ethyl adjacent to an activating group) is 1. The highest BCUT2D eigenvalue weighted by Crippen LogP contribution is 2.40. The van der Waals surface area contributed by atoms with Crippen molar-refractivity contribution in [1.29, 1.82) is 0 Å². The Morgan fingerprint density at radius 1 is 0.976 bits per heavy atom. The molecule has 4 rings (SSSR count). The van der Waals surface area contributed by atoms with Crippen LogP contribution >= 0.6 is 0 Å². The van der Waals surface area contributed by atoms with Crippen LogP contribution in [-0.4, -0.2) is 97.0 Å². The van der Waals surface area contributed by atoms with Gasteiger partial charge in [-0.1, -0.05) is 6.07 Å². The average molecular weight is 612 g/mol. The van der Waals surface area contributed by atoms with Gasteiger partial charge < -0.3 is 24.4 Å². The van der Waals surface area contributed by atoms with Gasteiger partial charge in [-0.25, -0.2) is 14.6 Å². The van der Waals surface area contributed by atoms with Gasteiger partial charge in [-0.05, 0) is 38.8 Å². The largest absolute Gasteiger partial charge is 0.490 e. The number of pyridine rings is 1. The van der Waals surface area contributed by atoms with E-state index in [2.05, 4.69) is 25.5 Å². The number of hydrogen-bond acceptors (Lipinski definition) is 7. The summed E-state index contributed by atoms with van der Waals surface area (Å²) in [5, 5.41) is 14.2. The molecule has 2 aromatic rings. The van der Waals surface area contributed by atoms with Crippen molar-refractivity contribution in [2.24, 2.45) is 0 Å². The average Bonchev–Trinajstić information content (AvgIpc) is 3.41. The van der Waals surface area contributed by atoms with Crippen molar-refractivity contribution < 1.29 is 55.7 Å². The van der Waals surface area contributed by atoms with Crippen molar-refractivity contribution >= 4 is 17.8 Å². The van der Waals surface area contributed by atoms with Gasteiger partial charge in [0.1, 0.15) is 11.4 Å². The Labute approximate surface area is 236 Å². The molecule has 1 saturated heterocycles. The van der Waals surface area contributed by atoms with Crippen molar-refractivity contribution in [3.8, 4) is 0 Å². The van der Waals surface area contributed by atoms with Crippen LogP contribution < -0.4 is 0 Å². The molecule has 0 radical (unpaired) electrons. The molecular weight excluding hydrogens is 580 g/mol. The summed E-state index contributed by atoms with van der Waals surface area (Å²) >= 11 is 0. The molecule has 0 saturated carbocycles. The predicted octanol–water partition coefficient (Wildman–Crippen LogP) is 3.30. The fourth-order valence-electron chi connectivity index (χ4n) is 4.40. The maximum atomic E-state index is 13.0. The van der Waals surface area contributed by atoms with Gasteiger partial charge in [0, 0.05) is 51.3 Å². The highest BCUT2D eigenvalue weighted by Gasteiger charge is 2.47. The summed E-state index contributed by atoms with van der Waals surface area (Å²) in [6.45, 7) is 8.62. The number of nitrogens with zero attached hydrogens (tertiary/aromatic N) is 5. The molecule has 0 bridgehead atoms. The number of piperidine rings is 1. The van der Waals surface area contributed by atoms with Gasteiger partial charge >= 0.3 is 24.3 Å². The first kappa shape index (κ1) is 34.5. The van der Waals surface area contributed by atoms with Crippen LogP contribution in [0.4, 0.5) is 26.3 Å². The number of rotatable bonds is 5. The van der Waals surface area contributed by atoms with Gasteiger partial charge in [-0.2, -0.15) is 26.3 Å². The summed E-state index contributed by atoms with van der Waals surface area (Å²) in [5.41, 5.74) is 0.606. The third kappa shape index (κ3) is 9.40. The number of fused-ring (bicyclic) bond motifs is 2. The first-order valence-corrected chi connectivity index (χ1v) is 12.7. The van der Waals surface area contributed by atoms with Crippen LogP contribution in [-0.2, 0) is 37.8 Å². The minimum atomic E-state index is -5.08. The smallest absolute Gasteiger partial charge is 0.475 e. The zero-order valence-electron chi connectivity index (χ0n) is 22.7. The van der Waals surface area contributed by atoms with Gasteiger partial charge in [0.2, 0.25) is 0 Å². The van der Waals surface area contributed by atoms with Gasteiger partial charge in [0.05, 0.1) is 12.2 Å². The second-order valence-electron chi connectivity index (χ2n) is 9.22. The Kier molecular flexibility index (Phi) is 11.9. The molecule has 2 aromatic heterocycles. The standard InChI is InChI=1S/C21H29N5O2.2C2HF3O2/c1-3-25(4-2)19(27)18-16-26-14-11-23-20(26)21(28-18)8-12-24(13-9-21)15-17-7-5-6-10-22-17;2*3-2(4,5)1(6)7/h5-7,10-11,14,18H,3-4,8-9,12-13,15-16H2,1-2H3;2*(H,6,7). The minimum Gasteiger partial charge on any atom is -0.475 e. The molecule has 17 heteroatoms. The van der Waals surface area contributed by atoms with E-state index in [-0.39, 0.29) is 5.91 Å². The number of carbonyl (C=O) groups excluding carboxylic acids is 1. The molecule has 2 aliphatic heterocycles. The second-order valence-corrected chi connectivity index (χ2v) is 9.22. The van der Waals surface area contributed by atoms with Crippen molar-refractivity contribution in [1.82, 2.24) is 24.3 Å². The van der Waals surface area contributed by atoms with Crippen LogP contribution in [0, 0.1) is 0 Å². The van der Waals surface area contributed by atoms with Crippen molar-refractivity contribution in [2.75, 3.05) is 26.2 Å². The summed E-state index contributed by atoms with van der Waals surface area (Å²) < 4.78 is 72.1. The minimum absolute atomic E-state index is 0.0830. The molecule has 1 atom stereocenters. The number of imidazole rings is 1. The van der Waals surface area contributed by atoms with E-state index in [9.17, 15) is 31.1 Å². The maximum Gasteiger partial charge on any atom is 0.490 e. The topological polar surface area (TPSA) is 138 Å². The first-order chi connectivity index (χ1) is 19.5. The fourth-order valence-corrected chi connectivity index (χ4v) is 4.40. The number of alkyl halides is 6. The van der Waals surface area contributed by atoms with E-state index >= 15 is 0 Å². The van der Waals surface area contributed by atoms with E-state index in [1.807, 2.05) is 49.5 Å². The Balaban J connectivity index is 0.000000367. The zero-order chi connectivity index (χ0) is 31.7. The van der Waals surface area contributed by atoms with Crippen LogP contribution in [0.5, 0.6) is 0 Å². The lowest BCUT2D eigenvalue weighted by Crippen LogP contribution is -2.54. The van der Waals surface area contributed by atoms with Crippen LogP contribution in [0.2, 0.25) is 0 Å². The van der Waals surface area contributed by atoms with Crippen LogP contribution in [0.25, 0.3) is 0 Å². The molecular formula is C25H31F6N5O6. The lowest BCUT2D eigenvalue weighted by atomic mass is 9.88. The molecule has 234 valence electrons. The molecule has 42 heavy (non-hydrogen) atoms. The van der Waals surface area contributed by atoms with E-state index in [0.717, 1.165) is 44.0 Å². The summed E-state index contributed by atoms with van der Waals surface area (Å²) in [4.78, 5) is 44.1. The fraction of sp³-hybridized carbons (Fsp3) is 0.560. The van der Waals surface area contributed by atoms with Gasteiger partial charge in [-0.15, -0.1) is 0 Å². The summed E-state index contributed by atoms with van der Waals surface area (Å²) in [7, 11) is 0. The van der Waals surface area contributed by atoms with Gasteiger partial charge in [0.25, 0.3) is 5.91 Å². The summed E-state index contributed by atoms with van der Waals surface area (Å²) in [6, 6.07) is 6.03. The first-order valence-electron chi connectivity index (χ1n) is 12.7. The molecule has 1 spiro atoms. The number of carboxylic acid groups (broad SMARTS) is 2. The molecule has 11 nitrogen and oxygen atoms in total. The number of hydrogen-bond donors (Lipinski definition) is 2. The number of ether oxygens (including phenoxy) is 1. The van der Waals surface area contributed by atoms with Crippen LogP contribution in [0.1, 0.15) is 38.2 Å². The molecule has 4 heterocycles. The lowest BCUT2D eigenvalue weighted by molar-refractivity contribution is -0.193.